The fourth-order valence-corrected chi connectivity index (χ4v) is 2.56. The average molecular weight is 226 g/mol. The summed E-state index contributed by atoms with van der Waals surface area (Å²) in [5.74, 6) is 0.562. The number of nitrogens with one attached hydrogen (secondary N) is 1. The summed E-state index contributed by atoms with van der Waals surface area (Å²) < 4.78 is 0. The molecule has 0 aromatic heterocycles. The molecule has 1 aliphatic carbocycles. The van der Waals surface area contributed by atoms with E-state index in [0.717, 1.165) is 5.92 Å². The van der Waals surface area contributed by atoms with Gasteiger partial charge in [-0.2, -0.15) is 0 Å². The Kier molecular flexibility index (Phi) is 4.36. The first kappa shape index (κ1) is 13.5. The molecule has 0 spiro atoms. The first-order chi connectivity index (χ1) is 7.30. The van der Waals surface area contributed by atoms with E-state index in [1.54, 1.807) is 0 Å². The van der Waals surface area contributed by atoms with Crippen LogP contribution in [0.2, 0.25) is 0 Å². The van der Waals surface area contributed by atoms with Crippen molar-refractivity contribution in [2.24, 2.45) is 17.1 Å². The summed E-state index contributed by atoms with van der Waals surface area (Å²) in [5.41, 5.74) is 5.67. The molecule has 0 aromatic carbocycles. The molecule has 1 amide bonds. The standard InChI is InChI=1S/C13H26N2O/c1-9(12(14)16)15-11-7-5-10(6-8-11)13(2,3)4/h9-11,15H,5-8H2,1-4H3,(H2,14,16)/t9-,10?,11?/m0/s1. The normalized spacial score (nSPS) is 28.8. The smallest absolute Gasteiger partial charge is 0.234 e. The van der Waals surface area contributed by atoms with E-state index in [-0.39, 0.29) is 11.9 Å². The molecule has 94 valence electrons. The highest BCUT2D eigenvalue weighted by atomic mass is 16.1. The van der Waals surface area contributed by atoms with Crippen LogP contribution in [0.5, 0.6) is 0 Å². The molecule has 0 bridgehead atoms. The molecule has 0 heterocycles. The first-order valence-corrected chi connectivity index (χ1v) is 6.36. The third-order valence-corrected chi connectivity index (χ3v) is 3.86. The van der Waals surface area contributed by atoms with E-state index in [1.165, 1.54) is 25.7 Å². The van der Waals surface area contributed by atoms with E-state index in [4.69, 9.17) is 5.73 Å². The van der Waals surface area contributed by atoms with Gasteiger partial charge in [0.05, 0.1) is 6.04 Å². The van der Waals surface area contributed by atoms with E-state index in [1.807, 2.05) is 6.92 Å². The van der Waals surface area contributed by atoms with Gasteiger partial charge in [-0.15, -0.1) is 0 Å². The Balaban J connectivity index is 2.35. The lowest BCUT2D eigenvalue weighted by Crippen LogP contribution is -2.46. The zero-order valence-electron chi connectivity index (χ0n) is 11.0. The lowest BCUT2D eigenvalue weighted by Gasteiger charge is -2.37. The monoisotopic (exact) mass is 226 g/mol. The van der Waals surface area contributed by atoms with Gasteiger partial charge in [0.1, 0.15) is 0 Å². The predicted molar refractivity (Wildman–Crippen MR) is 67.0 cm³/mol. The third kappa shape index (κ3) is 3.78. The fraction of sp³-hybridized carbons (Fsp3) is 0.923. The van der Waals surface area contributed by atoms with Gasteiger partial charge >= 0.3 is 0 Å². The summed E-state index contributed by atoms with van der Waals surface area (Å²) in [4.78, 5) is 11.0. The molecule has 1 fully saturated rings. The van der Waals surface area contributed by atoms with E-state index in [0.29, 0.717) is 11.5 Å². The van der Waals surface area contributed by atoms with Crippen LogP contribution in [0.15, 0.2) is 0 Å². The molecule has 1 saturated carbocycles. The summed E-state index contributed by atoms with van der Waals surface area (Å²) >= 11 is 0. The lowest BCUT2D eigenvalue weighted by molar-refractivity contribution is -0.119. The Morgan fingerprint density at radius 3 is 2.12 bits per heavy atom. The summed E-state index contributed by atoms with van der Waals surface area (Å²) in [6.07, 6.45) is 4.85. The second-order valence-electron chi connectivity index (χ2n) is 6.21. The van der Waals surface area contributed by atoms with Gasteiger partial charge in [-0.3, -0.25) is 4.79 Å². The molecule has 0 saturated heterocycles. The molecule has 3 N–H and O–H groups in total. The largest absolute Gasteiger partial charge is 0.368 e. The van der Waals surface area contributed by atoms with Crippen molar-refractivity contribution < 1.29 is 4.79 Å². The number of amides is 1. The Hall–Kier alpha value is -0.570. The van der Waals surface area contributed by atoms with Gasteiger partial charge in [0, 0.05) is 6.04 Å². The number of nitrogens with two attached hydrogens (primary N) is 1. The van der Waals surface area contributed by atoms with Crippen LogP contribution in [-0.2, 0) is 4.79 Å². The minimum absolute atomic E-state index is 0.198. The molecule has 1 rings (SSSR count). The van der Waals surface area contributed by atoms with E-state index < -0.39 is 0 Å². The summed E-state index contributed by atoms with van der Waals surface area (Å²) in [5, 5.41) is 3.32. The maximum absolute atomic E-state index is 11.0. The molecule has 1 aliphatic rings. The molecule has 3 nitrogen and oxygen atoms in total. The Morgan fingerprint density at radius 2 is 1.75 bits per heavy atom. The molecule has 0 aliphatic heterocycles. The van der Waals surface area contributed by atoms with Crippen molar-refractivity contribution >= 4 is 5.91 Å². The number of hydrogen-bond donors (Lipinski definition) is 2. The van der Waals surface area contributed by atoms with Crippen molar-refractivity contribution in [2.45, 2.75) is 65.5 Å². The van der Waals surface area contributed by atoms with Gasteiger partial charge in [0.2, 0.25) is 5.91 Å². The van der Waals surface area contributed by atoms with Gasteiger partial charge in [0.25, 0.3) is 0 Å². The van der Waals surface area contributed by atoms with Crippen LogP contribution >= 0.6 is 0 Å². The van der Waals surface area contributed by atoms with E-state index in [2.05, 4.69) is 26.1 Å². The minimum Gasteiger partial charge on any atom is -0.368 e. The Morgan fingerprint density at radius 1 is 1.25 bits per heavy atom. The predicted octanol–water partition coefficient (Wildman–Crippen LogP) is 2.05. The van der Waals surface area contributed by atoms with Crippen molar-refractivity contribution in [3.63, 3.8) is 0 Å². The Bertz CT molecular complexity index is 237. The third-order valence-electron chi connectivity index (χ3n) is 3.86. The van der Waals surface area contributed by atoms with Crippen LogP contribution in [0, 0.1) is 11.3 Å². The molecule has 0 aromatic rings. The van der Waals surface area contributed by atoms with Crippen molar-refractivity contribution in [1.29, 1.82) is 0 Å². The second kappa shape index (κ2) is 5.17. The fourth-order valence-electron chi connectivity index (χ4n) is 2.56. The van der Waals surface area contributed by atoms with Crippen molar-refractivity contribution in [3.8, 4) is 0 Å². The van der Waals surface area contributed by atoms with Gasteiger partial charge in [-0.25, -0.2) is 0 Å². The Labute approximate surface area is 99.2 Å². The van der Waals surface area contributed by atoms with Crippen LogP contribution in [0.1, 0.15) is 53.4 Å². The maximum Gasteiger partial charge on any atom is 0.234 e. The molecule has 16 heavy (non-hydrogen) atoms. The highest BCUT2D eigenvalue weighted by Gasteiger charge is 2.30. The van der Waals surface area contributed by atoms with Crippen LogP contribution in [-0.4, -0.2) is 18.0 Å². The van der Waals surface area contributed by atoms with Gasteiger partial charge in [0.15, 0.2) is 0 Å². The SMILES string of the molecule is C[C@H](NC1CCC(C(C)(C)C)CC1)C(N)=O. The molecular weight excluding hydrogens is 200 g/mol. The van der Waals surface area contributed by atoms with Gasteiger partial charge in [-0.1, -0.05) is 20.8 Å². The number of rotatable bonds is 3. The number of hydrogen-bond acceptors (Lipinski definition) is 2. The molecule has 1 atom stereocenters. The lowest BCUT2D eigenvalue weighted by atomic mass is 9.71. The minimum atomic E-state index is -0.252. The molecular formula is C13H26N2O. The number of primary amides is 1. The second-order valence-corrected chi connectivity index (χ2v) is 6.21. The van der Waals surface area contributed by atoms with E-state index in [9.17, 15) is 4.79 Å². The van der Waals surface area contributed by atoms with Crippen LogP contribution in [0.25, 0.3) is 0 Å². The highest BCUT2D eigenvalue weighted by Crippen LogP contribution is 2.37. The van der Waals surface area contributed by atoms with Crippen LogP contribution in [0.4, 0.5) is 0 Å². The summed E-state index contributed by atoms with van der Waals surface area (Å²) in [7, 11) is 0. The first-order valence-electron chi connectivity index (χ1n) is 6.36. The topological polar surface area (TPSA) is 55.1 Å². The number of carbonyl (C=O) groups is 1. The number of carbonyl (C=O) groups excluding carboxylic acids is 1. The maximum atomic E-state index is 11.0. The summed E-state index contributed by atoms with van der Waals surface area (Å²) in [6.45, 7) is 8.80. The average Bonchev–Trinajstić information content (AvgIpc) is 2.17. The van der Waals surface area contributed by atoms with Gasteiger partial charge in [-0.05, 0) is 43.9 Å². The van der Waals surface area contributed by atoms with Crippen molar-refractivity contribution in [1.82, 2.24) is 5.32 Å². The zero-order chi connectivity index (χ0) is 12.3. The zero-order valence-corrected chi connectivity index (χ0v) is 11.0. The van der Waals surface area contributed by atoms with Crippen LogP contribution in [0.3, 0.4) is 0 Å². The summed E-state index contributed by atoms with van der Waals surface area (Å²) in [6, 6.07) is 0.275. The molecule has 0 unspecified atom stereocenters. The van der Waals surface area contributed by atoms with Gasteiger partial charge < -0.3 is 11.1 Å². The molecule has 3 heteroatoms. The van der Waals surface area contributed by atoms with E-state index >= 15 is 0 Å². The molecule has 0 radical (unpaired) electrons. The van der Waals surface area contributed by atoms with Crippen molar-refractivity contribution in [3.05, 3.63) is 0 Å². The van der Waals surface area contributed by atoms with Crippen molar-refractivity contribution in [2.75, 3.05) is 0 Å². The quantitative estimate of drug-likeness (QED) is 0.774. The van der Waals surface area contributed by atoms with Crippen LogP contribution < -0.4 is 11.1 Å². The highest BCUT2D eigenvalue weighted by molar-refractivity contribution is 5.79.